The fourth-order valence-electron chi connectivity index (χ4n) is 2.64. The topological polar surface area (TPSA) is 29.9 Å². The van der Waals surface area contributed by atoms with Gasteiger partial charge in [0.1, 0.15) is 0 Å². The Hall–Kier alpha value is -0.830. The summed E-state index contributed by atoms with van der Waals surface area (Å²) in [5.74, 6) is 0.895. The number of hydrogen-bond acceptors (Lipinski definition) is 2. The van der Waals surface area contributed by atoms with Crippen LogP contribution in [0.1, 0.15) is 39.0 Å². The number of nitrogens with zero attached hydrogens (tertiary/aromatic N) is 2. The molecule has 0 aliphatic heterocycles. The predicted octanol–water partition coefficient (Wildman–Crippen LogP) is 2.44. The van der Waals surface area contributed by atoms with Crippen LogP contribution in [0, 0.1) is 5.92 Å². The largest absolute Gasteiger partial charge is 0.312 e. The average Bonchev–Trinajstić information content (AvgIpc) is 2.83. The zero-order valence-electron chi connectivity index (χ0n) is 10.2. The maximum atomic E-state index is 4.20. The molecule has 1 heterocycles. The van der Waals surface area contributed by atoms with Crippen molar-refractivity contribution in [2.45, 2.75) is 51.6 Å². The van der Waals surface area contributed by atoms with Crippen LogP contribution in [0.25, 0.3) is 0 Å². The van der Waals surface area contributed by atoms with E-state index in [1.165, 1.54) is 32.1 Å². The van der Waals surface area contributed by atoms with E-state index >= 15 is 0 Å². The van der Waals surface area contributed by atoms with Gasteiger partial charge in [0.25, 0.3) is 0 Å². The Labute approximate surface area is 98.2 Å². The number of hydrogen-bond donors (Lipinski definition) is 1. The third-order valence-electron chi connectivity index (χ3n) is 3.72. The minimum absolute atomic E-state index is 0.663. The van der Waals surface area contributed by atoms with E-state index in [2.05, 4.69) is 17.3 Å². The van der Waals surface area contributed by atoms with Crippen molar-refractivity contribution in [3.63, 3.8) is 0 Å². The van der Waals surface area contributed by atoms with E-state index < -0.39 is 0 Å². The van der Waals surface area contributed by atoms with E-state index in [1.54, 1.807) is 0 Å². The van der Waals surface area contributed by atoms with Crippen molar-refractivity contribution in [2.75, 3.05) is 6.54 Å². The highest BCUT2D eigenvalue weighted by Crippen LogP contribution is 2.26. The van der Waals surface area contributed by atoms with Gasteiger partial charge >= 0.3 is 0 Å². The van der Waals surface area contributed by atoms with Crippen LogP contribution in [-0.4, -0.2) is 22.4 Å². The van der Waals surface area contributed by atoms with Crippen molar-refractivity contribution in [3.8, 4) is 0 Å². The van der Waals surface area contributed by atoms with Crippen molar-refractivity contribution in [3.05, 3.63) is 18.5 Å². The van der Waals surface area contributed by atoms with Gasteiger partial charge < -0.3 is 5.32 Å². The quantitative estimate of drug-likeness (QED) is 0.827. The first-order valence-electron chi connectivity index (χ1n) is 6.57. The van der Waals surface area contributed by atoms with Crippen molar-refractivity contribution in [1.82, 2.24) is 15.1 Å². The molecule has 0 spiro atoms. The minimum atomic E-state index is 0.663. The van der Waals surface area contributed by atoms with Gasteiger partial charge in [-0.05, 0) is 31.7 Å². The second-order valence-electron chi connectivity index (χ2n) is 4.91. The van der Waals surface area contributed by atoms with Crippen LogP contribution in [-0.2, 0) is 6.54 Å². The van der Waals surface area contributed by atoms with Gasteiger partial charge in [-0.15, -0.1) is 0 Å². The van der Waals surface area contributed by atoms with Gasteiger partial charge in [0.15, 0.2) is 0 Å². The lowest BCUT2D eigenvalue weighted by Gasteiger charge is -2.28. The van der Waals surface area contributed by atoms with Crippen LogP contribution in [0.4, 0.5) is 0 Å². The van der Waals surface area contributed by atoms with Crippen LogP contribution in [0.5, 0.6) is 0 Å². The Morgan fingerprint density at radius 1 is 1.38 bits per heavy atom. The molecule has 0 aromatic carbocycles. The summed E-state index contributed by atoms with van der Waals surface area (Å²) < 4.78 is 1.99. The Morgan fingerprint density at radius 2 is 2.19 bits per heavy atom. The molecule has 1 aromatic rings. The molecule has 0 radical (unpaired) electrons. The van der Waals surface area contributed by atoms with Gasteiger partial charge in [0.2, 0.25) is 0 Å². The molecule has 1 aliphatic rings. The maximum absolute atomic E-state index is 4.20. The van der Waals surface area contributed by atoms with Crippen molar-refractivity contribution in [2.24, 2.45) is 5.92 Å². The molecule has 3 nitrogen and oxygen atoms in total. The highest BCUT2D eigenvalue weighted by atomic mass is 15.3. The molecule has 0 saturated heterocycles. The molecule has 2 rings (SSSR count). The molecule has 0 amide bonds. The fraction of sp³-hybridized carbons (Fsp3) is 0.769. The van der Waals surface area contributed by atoms with Gasteiger partial charge in [0, 0.05) is 25.0 Å². The first kappa shape index (κ1) is 11.6. The molecule has 16 heavy (non-hydrogen) atoms. The van der Waals surface area contributed by atoms with Gasteiger partial charge in [-0.1, -0.05) is 19.3 Å². The molecule has 1 N–H and O–H groups in total. The van der Waals surface area contributed by atoms with E-state index in [9.17, 15) is 0 Å². The molecule has 0 bridgehead atoms. The number of nitrogens with one attached hydrogen (secondary N) is 1. The van der Waals surface area contributed by atoms with Crippen molar-refractivity contribution < 1.29 is 0 Å². The lowest BCUT2D eigenvalue weighted by atomic mass is 9.84. The van der Waals surface area contributed by atoms with E-state index in [-0.39, 0.29) is 0 Å². The van der Waals surface area contributed by atoms with Crippen LogP contribution in [0.15, 0.2) is 18.5 Å². The Balaban J connectivity index is 1.65. The second kappa shape index (κ2) is 6.04. The van der Waals surface area contributed by atoms with E-state index in [0.29, 0.717) is 6.04 Å². The highest BCUT2D eigenvalue weighted by molar-refractivity contribution is 4.79. The minimum Gasteiger partial charge on any atom is -0.312 e. The van der Waals surface area contributed by atoms with Crippen molar-refractivity contribution >= 4 is 0 Å². The van der Waals surface area contributed by atoms with Gasteiger partial charge in [-0.3, -0.25) is 4.68 Å². The van der Waals surface area contributed by atoms with E-state index in [1.807, 2.05) is 23.1 Å². The zero-order chi connectivity index (χ0) is 11.2. The first-order chi connectivity index (χ1) is 7.86. The van der Waals surface area contributed by atoms with Gasteiger partial charge in [-0.25, -0.2) is 0 Å². The molecule has 1 fully saturated rings. The number of aromatic nitrogens is 2. The third kappa shape index (κ3) is 3.34. The summed E-state index contributed by atoms with van der Waals surface area (Å²) in [6, 6.07) is 2.64. The standard InChI is InChI=1S/C13H23N3/c1-12(13-6-3-2-4-7-13)14-9-11-16-10-5-8-15-16/h5,8,10,12-14H,2-4,6-7,9,11H2,1H3/t12-/m1/s1. The maximum Gasteiger partial charge on any atom is 0.0534 e. The molecule has 0 unspecified atom stereocenters. The monoisotopic (exact) mass is 221 g/mol. The van der Waals surface area contributed by atoms with Gasteiger partial charge in [0.05, 0.1) is 6.54 Å². The Bertz CT molecular complexity index is 275. The van der Waals surface area contributed by atoms with Crippen LogP contribution >= 0.6 is 0 Å². The van der Waals surface area contributed by atoms with Crippen LogP contribution < -0.4 is 5.32 Å². The molecule has 1 atom stereocenters. The molecule has 1 aliphatic carbocycles. The van der Waals surface area contributed by atoms with Crippen LogP contribution in [0.3, 0.4) is 0 Å². The normalized spacial score (nSPS) is 19.8. The molecule has 3 heteroatoms. The molecule has 1 saturated carbocycles. The summed E-state index contributed by atoms with van der Waals surface area (Å²) in [6.07, 6.45) is 11.0. The summed E-state index contributed by atoms with van der Waals surface area (Å²) in [7, 11) is 0. The molecule has 1 aromatic heterocycles. The fourth-order valence-corrected chi connectivity index (χ4v) is 2.64. The zero-order valence-corrected chi connectivity index (χ0v) is 10.2. The van der Waals surface area contributed by atoms with E-state index in [0.717, 1.165) is 19.0 Å². The average molecular weight is 221 g/mol. The van der Waals surface area contributed by atoms with Gasteiger partial charge in [-0.2, -0.15) is 5.10 Å². The number of rotatable bonds is 5. The lowest BCUT2D eigenvalue weighted by molar-refractivity contribution is 0.279. The third-order valence-corrected chi connectivity index (χ3v) is 3.72. The highest BCUT2D eigenvalue weighted by Gasteiger charge is 2.19. The summed E-state index contributed by atoms with van der Waals surface area (Å²) in [6.45, 7) is 4.34. The second-order valence-corrected chi connectivity index (χ2v) is 4.91. The SMILES string of the molecule is C[C@@H](NCCn1cccn1)C1CCCCC1. The summed E-state index contributed by atoms with van der Waals surface area (Å²) in [5.41, 5.74) is 0. The predicted molar refractivity (Wildman–Crippen MR) is 66.3 cm³/mol. The Morgan fingerprint density at radius 3 is 2.88 bits per heavy atom. The summed E-state index contributed by atoms with van der Waals surface area (Å²) in [4.78, 5) is 0. The molecular weight excluding hydrogens is 198 g/mol. The first-order valence-corrected chi connectivity index (χ1v) is 6.57. The Kier molecular flexibility index (Phi) is 4.40. The van der Waals surface area contributed by atoms with Crippen molar-refractivity contribution in [1.29, 1.82) is 0 Å². The summed E-state index contributed by atoms with van der Waals surface area (Å²) >= 11 is 0. The smallest absolute Gasteiger partial charge is 0.0534 e. The lowest BCUT2D eigenvalue weighted by Crippen LogP contribution is -2.36. The van der Waals surface area contributed by atoms with E-state index in [4.69, 9.17) is 0 Å². The summed E-state index contributed by atoms with van der Waals surface area (Å²) in [5, 5.41) is 7.83. The molecular formula is C13H23N3. The molecule has 90 valence electrons. The van der Waals surface area contributed by atoms with Crippen LogP contribution in [0.2, 0.25) is 0 Å².